The van der Waals surface area contributed by atoms with Gasteiger partial charge in [-0.15, -0.1) is 0 Å². The van der Waals surface area contributed by atoms with Crippen LogP contribution in [0.25, 0.3) is 0 Å². The maximum absolute atomic E-state index is 9.33. The van der Waals surface area contributed by atoms with Crippen molar-refractivity contribution in [1.82, 2.24) is 14.8 Å². The number of nitriles is 1. The highest BCUT2D eigenvalue weighted by atomic mass is 15.3. The summed E-state index contributed by atoms with van der Waals surface area (Å²) in [5.41, 5.74) is 5.14. The van der Waals surface area contributed by atoms with Crippen molar-refractivity contribution < 1.29 is 0 Å². The summed E-state index contributed by atoms with van der Waals surface area (Å²) in [6.07, 6.45) is 6.43. The van der Waals surface area contributed by atoms with Gasteiger partial charge in [-0.1, -0.05) is 0 Å². The SMILES string of the molecule is Cc1nn(C)cc1CNc1nc2c(cc1C#N)CCCC2. The molecule has 0 fully saturated rings. The summed E-state index contributed by atoms with van der Waals surface area (Å²) in [7, 11) is 1.91. The monoisotopic (exact) mass is 281 g/mol. The number of hydrogen-bond donors (Lipinski definition) is 1. The Bertz CT molecular complexity index is 708. The minimum Gasteiger partial charge on any atom is -0.365 e. The van der Waals surface area contributed by atoms with Gasteiger partial charge in [0.1, 0.15) is 11.9 Å². The molecule has 108 valence electrons. The van der Waals surface area contributed by atoms with Gasteiger partial charge in [0.05, 0.1) is 11.3 Å². The molecule has 2 aromatic heterocycles. The molecule has 2 heterocycles. The molecule has 0 saturated heterocycles. The fraction of sp³-hybridized carbons (Fsp3) is 0.438. The molecule has 2 aromatic rings. The van der Waals surface area contributed by atoms with E-state index in [0.717, 1.165) is 29.8 Å². The summed E-state index contributed by atoms with van der Waals surface area (Å²) in [5, 5.41) is 17.0. The van der Waals surface area contributed by atoms with Gasteiger partial charge in [0.2, 0.25) is 0 Å². The standard InChI is InChI=1S/C16H19N5/c1-11-14(10-21(2)20-11)9-18-16-13(8-17)7-12-5-3-4-6-15(12)19-16/h7,10H,3-6,9H2,1-2H3,(H,18,19). The highest BCUT2D eigenvalue weighted by Gasteiger charge is 2.15. The number of aromatic nitrogens is 3. The van der Waals surface area contributed by atoms with Crippen LogP contribution in [0.5, 0.6) is 0 Å². The van der Waals surface area contributed by atoms with Crippen molar-refractivity contribution in [2.24, 2.45) is 7.05 Å². The van der Waals surface area contributed by atoms with E-state index in [0.29, 0.717) is 17.9 Å². The lowest BCUT2D eigenvalue weighted by atomic mass is 9.95. The van der Waals surface area contributed by atoms with Crippen LogP contribution in [0.15, 0.2) is 12.3 Å². The third-order valence-corrected chi connectivity index (χ3v) is 3.98. The van der Waals surface area contributed by atoms with Crippen molar-refractivity contribution in [2.75, 3.05) is 5.32 Å². The van der Waals surface area contributed by atoms with E-state index in [1.54, 1.807) is 4.68 Å². The molecule has 1 aliphatic rings. The number of aryl methyl sites for hydroxylation is 4. The Morgan fingerprint density at radius 2 is 2.19 bits per heavy atom. The molecule has 0 aromatic carbocycles. The Kier molecular flexibility index (Phi) is 3.61. The molecule has 0 bridgehead atoms. The molecule has 0 aliphatic heterocycles. The van der Waals surface area contributed by atoms with Crippen LogP contribution >= 0.6 is 0 Å². The van der Waals surface area contributed by atoms with E-state index in [1.807, 2.05) is 26.2 Å². The summed E-state index contributed by atoms with van der Waals surface area (Å²) in [5.74, 6) is 0.696. The zero-order valence-corrected chi connectivity index (χ0v) is 12.5. The van der Waals surface area contributed by atoms with Crippen molar-refractivity contribution in [3.05, 3.63) is 40.3 Å². The number of nitrogens with one attached hydrogen (secondary N) is 1. The predicted molar refractivity (Wildman–Crippen MR) is 80.9 cm³/mol. The molecule has 0 saturated carbocycles. The molecule has 3 rings (SSSR count). The lowest BCUT2D eigenvalue weighted by molar-refractivity contribution is 0.668. The van der Waals surface area contributed by atoms with E-state index in [2.05, 4.69) is 21.5 Å². The average molecular weight is 281 g/mol. The van der Waals surface area contributed by atoms with Gasteiger partial charge < -0.3 is 5.32 Å². The first kappa shape index (κ1) is 13.6. The number of nitrogens with zero attached hydrogens (tertiary/aromatic N) is 4. The smallest absolute Gasteiger partial charge is 0.144 e. The Morgan fingerprint density at radius 1 is 1.38 bits per heavy atom. The second kappa shape index (κ2) is 5.57. The highest BCUT2D eigenvalue weighted by molar-refractivity contribution is 5.55. The van der Waals surface area contributed by atoms with Crippen molar-refractivity contribution in [1.29, 1.82) is 5.26 Å². The van der Waals surface area contributed by atoms with Crippen LogP contribution in [0.3, 0.4) is 0 Å². The summed E-state index contributed by atoms with van der Waals surface area (Å²) < 4.78 is 1.80. The molecule has 0 radical (unpaired) electrons. The molecule has 1 aliphatic carbocycles. The molecule has 1 N–H and O–H groups in total. The molecule has 21 heavy (non-hydrogen) atoms. The van der Waals surface area contributed by atoms with E-state index in [9.17, 15) is 5.26 Å². The minimum atomic E-state index is 0.636. The Labute approximate surface area is 124 Å². The van der Waals surface area contributed by atoms with Gasteiger partial charge in [-0.3, -0.25) is 4.68 Å². The van der Waals surface area contributed by atoms with Gasteiger partial charge >= 0.3 is 0 Å². The molecular weight excluding hydrogens is 262 g/mol. The van der Waals surface area contributed by atoms with E-state index in [1.165, 1.54) is 18.4 Å². The van der Waals surface area contributed by atoms with Crippen LogP contribution in [0.4, 0.5) is 5.82 Å². The molecule has 0 spiro atoms. The van der Waals surface area contributed by atoms with Crippen LogP contribution < -0.4 is 5.32 Å². The maximum atomic E-state index is 9.33. The second-order valence-electron chi connectivity index (χ2n) is 5.58. The van der Waals surface area contributed by atoms with E-state index < -0.39 is 0 Å². The van der Waals surface area contributed by atoms with Gasteiger partial charge in [-0.2, -0.15) is 10.4 Å². The summed E-state index contributed by atoms with van der Waals surface area (Å²) in [6, 6.07) is 4.26. The summed E-state index contributed by atoms with van der Waals surface area (Å²) in [6.45, 7) is 2.63. The van der Waals surface area contributed by atoms with Gasteiger partial charge in [0.25, 0.3) is 0 Å². The van der Waals surface area contributed by atoms with Crippen molar-refractivity contribution in [2.45, 2.75) is 39.2 Å². The van der Waals surface area contributed by atoms with Gasteiger partial charge in [-0.05, 0) is 44.2 Å². The molecule has 0 amide bonds. The third kappa shape index (κ3) is 2.75. The van der Waals surface area contributed by atoms with Gasteiger partial charge in [-0.25, -0.2) is 4.98 Å². The van der Waals surface area contributed by atoms with Crippen molar-refractivity contribution >= 4 is 5.82 Å². The normalized spacial score (nSPS) is 13.6. The molecule has 0 unspecified atom stereocenters. The van der Waals surface area contributed by atoms with Crippen LogP contribution in [-0.2, 0) is 26.4 Å². The first-order valence-corrected chi connectivity index (χ1v) is 7.33. The van der Waals surface area contributed by atoms with E-state index in [-0.39, 0.29) is 0 Å². The van der Waals surface area contributed by atoms with Gasteiger partial charge in [0, 0.05) is 31.0 Å². The Hall–Kier alpha value is -2.35. The molecule has 5 heteroatoms. The molecule has 0 atom stereocenters. The lowest BCUT2D eigenvalue weighted by Crippen LogP contribution is -2.11. The maximum Gasteiger partial charge on any atom is 0.144 e. The highest BCUT2D eigenvalue weighted by Crippen LogP contribution is 2.24. The van der Waals surface area contributed by atoms with E-state index >= 15 is 0 Å². The average Bonchev–Trinajstić information content (AvgIpc) is 2.82. The lowest BCUT2D eigenvalue weighted by Gasteiger charge is -2.17. The first-order valence-electron chi connectivity index (χ1n) is 7.33. The quantitative estimate of drug-likeness (QED) is 0.938. The first-order chi connectivity index (χ1) is 10.2. The van der Waals surface area contributed by atoms with Crippen LogP contribution in [0.1, 0.15) is 40.9 Å². The fourth-order valence-corrected chi connectivity index (χ4v) is 2.85. The van der Waals surface area contributed by atoms with Crippen molar-refractivity contribution in [3.63, 3.8) is 0 Å². The number of rotatable bonds is 3. The molecule has 5 nitrogen and oxygen atoms in total. The summed E-state index contributed by atoms with van der Waals surface area (Å²) in [4.78, 5) is 4.67. The van der Waals surface area contributed by atoms with Crippen LogP contribution in [0, 0.1) is 18.3 Å². The number of anilines is 1. The minimum absolute atomic E-state index is 0.636. The second-order valence-corrected chi connectivity index (χ2v) is 5.58. The zero-order valence-electron chi connectivity index (χ0n) is 12.5. The van der Waals surface area contributed by atoms with Crippen LogP contribution in [-0.4, -0.2) is 14.8 Å². The van der Waals surface area contributed by atoms with Crippen LogP contribution in [0.2, 0.25) is 0 Å². The summed E-state index contributed by atoms with van der Waals surface area (Å²) >= 11 is 0. The predicted octanol–water partition coefficient (Wildman–Crippen LogP) is 2.49. The Balaban J connectivity index is 1.84. The fourth-order valence-electron chi connectivity index (χ4n) is 2.85. The number of pyridine rings is 1. The molecular formula is C16H19N5. The number of fused-ring (bicyclic) bond motifs is 1. The van der Waals surface area contributed by atoms with Gasteiger partial charge in [0.15, 0.2) is 0 Å². The van der Waals surface area contributed by atoms with Crippen molar-refractivity contribution in [3.8, 4) is 6.07 Å². The number of hydrogen-bond acceptors (Lipinski definition) is 4. The largest absolute Gasteiger partial charge is 0.365 e. The zero-order chi connectivity index (χ0) is 14.8. The Morgan fingerprint density at radius 3 is 2.90 bits per heavy atom. The third-order valence-electron chi connectivity index (χ3n) is 3.98. The topological polar surface area (TPSA) is 66.5 Å². The van der Waals surface area contributed by atoms with E-state index in [4.69, 9.17) is 0 Å².